The van der Waals surface area contributed by atoms with Crippen LogP contribution in [0.5, 0.6) is 0 Å². The molecule has 0 fully saturated rings. The van der Waals surface area contributed by atoms with E-state index in [4.69, 9.17) is 5.10 Å². The number of anilines is 1. The Kier molecular flexibility index (Phi) is 10.1. The second kappa shape index (κ2) is 15.3. The van der Waals surface area contributed by atoms with E-state index in [0.29, 0.717) is 51.1 Å². The number of rotatable bonds is 12. The molecule has 0 bridgehead atoms. The van der Waals surface area contributed by atoms with E-state index in [1.807, 2.05) is 60.7 Å². The molecule has 52 heavy (non-hydrogen) atoms. The summed E-state index contributed by atoms with van der Waals surface area (Å²) >= 11 is 0. The maximum Gasteiger partial charge on any atom is 0.322 e. The summed E-state index contributed by atoms with van der Waals surface area (Å²) in [4.78, 5) is 73.8. The van der Waals surface area contributed by atoms with Gasteiger partial charge in [-0.15, -0.1) is 0 Å². The van der Waals surface area contributed by atoms with Gasteiger partial charge in [-0.1, -0.05) is 43.2 Å². The Morgan fingerprint density at radius 2 is 1.63 bits per heavy atom. The van der Waals surface area contributed by atoms with Crippen LogP contribution in [-0.2, 0) is 32.3 Å². The minimum absolute atomic E-state index is 0.0718. The first kappa shape index (κ1) is 34.2. The Hall–Kier alpha value is -6.24. The first-order valence-electron chi connectivity index (χ1n) is 17.4. The third-order valence-corrected chi connectivity index (χ3v) is 9.53. The molecule has 264 valence electrons. The number of urea groups is 1. The van der Waals surface area contributed by atoms with Crippen molar-refractivity contribution in [2.45, 2.75) is 51.1 Å². The highest BCUT2D eigenvalue weighted by molar-refractivity contribution is 6.14. The van der Waals surface area contributed by atoms with Crippen molar-refractivity contribution < 1.29 is 24.0 Å². The molecule has 3 aliphatic heterocycles. The van der Waals surface area contributed by atoms with Crippen LogP contribution in [0.2, 0.25) is 0 Å². The number of unbranched alkanes of at least 4 members (excludes halogenated alkanes) is 3. The van der Waals surface area contributed by atoms with Gasteiger partial charge in [0, 0.05) is 74.4 Å². The van der Waals surface area contributed by atoms with Gasteiger partial charge >= 0.3 is 6.03 Å². The number of aromatic nitrogens is 2. The number of nitrogens with one attached hydrogen (secondary N) is 2. The number of hydrogen-bond acceptors (Lipinski definition) is 8. The van der Waals surface area contributed by atoms with Crippen LogP contribution >= 0.6 is 0 Å². The van der Waals surface area contributed by atoms with Crippen molar-refractivity contribution in [1.29, 1.82) is 0 Å². The molecule has 2 aromatic carbocycles. The maximum absolute atomic E-state index is 13.9. The molecule has 5 heterocycles. The number of imide groups is 1. The molecule has 1 atom stereocenters. The van der Waals surface area contributed by atoms with Crippen molar-refractivity contribution in [2.24, 2.45) is 5.10 Å². The average molecular weight is 699 g/mol. The van der Waals surface area contributed by atoms with Gasteiger partial charge in [0.1, 0.15) is 6.54 Å². The summed E-state index contributed by atoms with van der Waals surface area (Å²) in [5, 5.41) is 13.1. The van der Waals surface area contributed by atoms with Crippen molar-refractivity contribution in [3.63, 3.8) is 0 Å². The molecule has 2 N–H and O–H groups in total. The van der Waals surface area contributed by atoms with Crippen LogP contribution in [0, 0.1) is 0 Å². The predicted octanol–water partition coefficient (Wildman–Crippen LogP) is 4.50. The van der Waals surface area contributed by atoms with Crippen molar-refractivity contribution in [2.75, 3.05) is 25.0 Å². The van der Waals surface area contributed by atoms with Crippen LogP contribution in [-0.4, -0.2) is 79.8 Å². The fourth-order valence-corrected chi connectivity index (χ4v) is 6.66. The Balaban J connectivity index is 0.972. The lowest BCUT2D eigenvalue weighted by atomic mass is 9.88. The summed E-state index contributed by atoms with van der Waals surface area (Å²) in [5.74, 6) is -1.86. The molecule has 1 unspecified atom stereocenters. The molecule has 13 nitrogen and oxygen atoms in total. The normalized spacial score (nSPS) is 16.8. The van der Waals surface area contributed by atoms with Crippen LogP contribution in [0.4, 0.5) is 10.5 Å². The Morgan fingerprint density at radius 1 is 0.846 bits per heavy atom. The van der Waals surface area contributed by atoms with Crippen molar-refractivity contribution in [1.82, 2.24) is 30.1 Å². The van der Waals surface area contributed by atoms with E-state index in [2.05, 4.69) is 20.6 Å². The minimum atomic E-state index is -0.485. The Morgan fingerprint density at radius 3 is 2.44 bits per heavy atom. The van der Waals surface area contributed by atoms with Crippen LogP contribution in [0.25, 0.3) is 10.9 Å². The summed E-state index contributed by atoms with van der Waals surface area (Å²) in [6.45, 7) is 1.61. The number of carbonyl (C=O) groups excluding carboxylic acids is 5. The molecule has 0 saturated carbocycles. The highest BCUT2D eigenvalue weighted by atomic mass is 16.2. The van der Waals surface area contributed by atoms with Crippen molar-refractivity contribution >= 4 is 52.0 Å². The van der Waals surface area contributed by atoms with Crippen LogP contribution < -0.4 is 10.6 Å². The van der Waals surface area contributed by atoms with E-state index in [1.165, 1.54) is 0 Å². The summed E-state index contributed by atoms with van der Waals surface area (Å²) < 4.78 is 0. The van der Waals surface area contributed by atoms with E-state index in [1.54, 1.807) is 28.5 Å². The lowest BCUT2D eigenvalue weighted by Gasteiger charge is -2.30. The Labute approximate surface area is 300 Å². The van der Waals surface area contributed by atoms with Gasteiger partial charge in [-0.3, -0.25) is 34.0 Å². The van der Waals surface area contributed by atoms with Gasteiger partial charge in [0.25, 0.3) is 17.7 Å². The van der Waals surface area contributed by atoms with E-state index in [9.17, 15) is 24.0 Å². The van der Waals surface area contributed by atoms with Gasteiger partial charge in [-0.2, -0.15) is 5.10 Å². The van der Waals surface area contributed by atoms with E-state index >= 15 is 0 Å². The quantitative estimate of drug-likeness (QED) is 0.163. The highest BCUT2D eigenvalue weighted by Gasteiger charge is 2.33. The fraction of sp³-hybridized carbons (Fsp3) is 0.282. The molecule has 0 radical (unpaired) electrons. The smallest absolute Gasteiger partial charge is 0.322 e. The average Bonchev–Trinajstić information content (AvgIpc) is 3.74. The number of pyridine rings is 2. The van der Waals surface area contributed by atoms with Crippen LogP contribution in [0.1, 0.15) is 60.3 Å². The lowest BCUT2D eigenvalue weighted by Crippen LogP contribution is -2.40. The number of hydrazone groups is 1. The van der Waals surface area contributed by atoms with Gasteiger partial charge in [-0.25, -0.2) is 9.80 Å². The van der Waals surface area contributed by atoms with E-state index in [0.717, 1.165) is 68.8 Å². The largest absolute Gasteiger partial charge is 0.355 e. The standard InChI is InChI=1S/C39H38N8O5/c48-35(25-46-36(49)13-14-37(46)50)42-16-3-1-2-4-19-47-38(51)32(28-8-7-26-6-5-17-41-33(26)20-28)21-34(44-47)27-9-11-31(12-10-27)43-39(52)45-23-29-15-18-40-22-30(29)24-45/h5-15,17-18,20,22,32H,1-4,16,19,21,23-25H2,(H,42,48)(H,43,52). The molecule has 6 amide bonds. The summed E-state index contributed by atoms with van der Waals surface area (Å²) in [6, 6.07) is 19.1. The SMILES string of the molecule is O=C(CN1C(=O)C=CC1=O)NCCCCCCN1N=C(c2ccc(NC(=O)N3Cc4ccncc4C3)cc2)CC(c2ccc3cccnc3c2)C1=O. The van der Waals surface area contributed by atoms with Gasteiger partial charge in [0.15, 0.2) is 0 Å². The molecule has 4 aromatic rings. The number of fused-ring (bicyclic) bond motifs is 2. The molecule has 7 rings (SSSR count). The first-order chi connectivity index (χ1) is 25.3. The third kappa shape index (κ3) is 7.73. The summed E-state index contributed by atoms with van der Waals surface area (Å²) in [5.41, 5.74) is 6.15. The topological polar surface area (TPSA) is 157 Å². The van der Waals surface area contributed by atoms with Crippen LogP contribution in [0.3, 0.4) is 0 Å². The molecule has 0 spiro atoms. The highest BCUT2D eigenvalue weighted by Crippen LogP contribution is 2.31. The number of carbonyl (C=O) groups is 5. The van der Waals surface area contributed by atoms with Crippen molar-refractivity contribution in [3.8, 4) is 0 Å². The molecule has 3 aliphatic rings. The van der Waals surface area contributed by atoms with Gasteiger partial charge < -0.3 is 15.5 Å². The van der Waals surface area contributed by atoms with Crippen molar-refractivity contribution in [3.05, 3.63) is 114 Å². The van der Waals surface area contributed by atoms with Gasteiger partial charge in [-0.05, 0) is 65.4 Å². The van der Waals surface area contributed by atoms with Gasteiger partial charge in [0.2, 0.25) is 5.91 Å². The minimum Gasteiger partial charge on any atom is -0.355 e. The first-order valence-corrected chi connectivity index (χ1v) is 17.4. The monoisotopic (exact) mass is 698 g/mol. The number of nitrogens with zero attached hydrogens (tertiary/aromatic N) is 6. The summed E-state index contributed by atoms with van der Waals surface area (Å²) in [7, 11) is 0. The second-order valence-electron chi connectivity index (χ2n) is 13.1. The van der Waals surface area contributed by atoms with Crippen LogP contribution in [0.15, 0.2) is 96.5 Å². The zero-order valence-electron chi connectivity index (χ0n) is 28.5. The molecular formula is C39H38N8O5. The lowest BCUT2D eigenvalue weighted by molar-refractivity contribution is -0.141. The second-order valence-corrected chi connectivity index (χ2v) is 13.1. The van der Waals surface area contributed by atoms with E-state index < -0.39 is 17.7 Å². The number of benzene rings is 2. The van der Waals surface area contributed by atoms with E-state index in [-0.39, 0.29) is 24.4 Å². The zero-order valence-corrected chi connectivity index (χ0v) is 28.5. The predicted molar refractivity (Wildman–Crippen MR) is 194 cm³/mol. The number of hydrogen-bond donors (Lipinski definition) is 2. The molecule has 0 aliphatic carbocycles. The third-order valence-electron chi connectivity index (χ3n) is 9.53. The molecule has 0 saturated heterocycles. The summed E-state index contributed by atoms with van der Waals surface area (Å²) in [6.07, 6.45) is 11.1. The Bertz CT molecular complexity index is 2050. The molecule has 2 aromatic heterocycles. The zero-order chi connectivity index (χ0) is 36.0. The number of amides is 6. The maximum atomic E-state index is 13.9. The molecular weight excluding hydrogens is 660 g/mol. The molecule has 13 heteroatoms. The van der Waals surface area contributed by atoms with Gasteiger partial charge in [0.05, 0.1) is 17.1 Å². The fourth-order valence-electron chi connectivity index (χ4n) is 6.66.